The molecule has 1 amide bonds. The first kappa shape index (κ1) is 26.3. The Bertz CT molecular complexity index is 964. The molecule has 33 heavy (non-hydrogen) atoms. The molecule has 0 atom stereocenters. The SMILES string of the molecule is CC(C)[Si](C(C)C)(C(C)C)n1cc(C2CCN(C(=O)OC(C)(C)C)CC2)c2ncc(Br)cc21. The van der Waals surface area contributed by atoms with Gasteiger partial charge in [0.25, 0.3) is 0 Å². The molecule has 3 heterocycles. The van der Waals surface area contributed by atoms with Gasteiger partial charge in [0, 0.05) is 30.0 Å². The molecule has 3 rings (SSSR count). The summed E-state index contributed by atoms with van der Waals surface area (Å²) in [5.41, 5.74) is 5.10. The van der Waals surface area contributed by atoms with E-state index in [-0.39, 0.29) is 6.09 Å². The summed E-state index contributed by atoms with van der Waals surface area (Å²) < 4.78 is 9.30. The van der Waals surface area contributed by atoms with E-state index in [1.54, 1.807) is 0 Å². The highest BCUT2D eigenvalue weighted by Gasteiger charge is 2.46. The number of fused-ring (bicyclic) bond motifs is 1. The Morgan fingerprint density at radius 1 is 1.09 bits per heavy atom. The van der Waals surface area contributed by atoms with Crippen molar-refractivity contribution in [3.63, 3.8) is 0 Å². The third-order valence-corrected chi connectivity index (χ3v) is 14.6. The Kier molecular flexibility index (Phi) is 7.74. The summed E-state index contributed by atoms with van der Waals surface area (Å²) in [6.07, 6.45) is 6.06. The summed E-state index contributed by atoms with van der Waals surface area (Å²) in [7, 11) is -1.92. The Hall–Kier alpha value is -1.34. The van der Waals surface area contributed by atoms with Gasteiger partial charge in [-0.2, -0.15) is 0 Å². The number of carbonyl (C=O) groups excluding carboxylic acids is 1. The van der Waals surface area contributed by atoms with Crippen molar-refractivity contribution in [2.75, 3.05) is 13.1 Å². The smallest absolute Gasteiger partial charge is 0.410 e. The van der Waals surface area contributed by atoms with Crippen molar-refractivity contribution in [3.8, 4) is 0 Å². The first-order valence-corrected chi connectivity index (χ1v) is 15.4. The highest BCUT2D eigenvalue weighted by Crippen LogP contribution is 2.46. The summed E-state index contributed by atoms with van der Waals surface area (Å²) in [5.74, 6) is 0.402. The average molecular weight is 537 g/mol. The zero-order chi connectivity index (χ0) is 24.7. The van der Waals surface area contributed by atoms with Gasteiger partial charge in [0.05, 0.1) is 11.0 Å². The number of rotatable bonds is 5. The number of piperidine rings is 1. The molecule has 1 fully saturated rings. The lowest BCUT2D eigenvalue weighted by Gasteiger charge is -2.44. The molecule has 0 aliphatic carbocycles. The minimum absolute atomic E-state index is 0.198. The molecular weight excluding hydrogens is 494 g/mol. The largest absolute Gasteiger partial charge is 0.444 e. The maximum absolute atomic E-state index is 12.6. The van der Waals surface area contributed by atoms with Gasteiger partial charge in [0.15, 0.2) is 8.24 Å². The summed E-state index contributed by atoms with van der Waals surface area (Å²) in [6, 6.07) is 2.26. The van der Waals surface area contributed by atoms with Crippen LogP contribution in [-0.4, -0.2) is 47.1 Å². The van der Waals surface area contributed by atoms with Crippen LogP contribution >= 0.6 is 15.9 Å². The molecule has 7 heteroatoms. The van der Waals surface area contributed by atoms with E-state index in [4.69, 9.17) is 9.72 Å². The zero-order valence-corrected chi connectivity index (χ0v) is 24.5. The van der Waals surface area contributed by atoms with Crippen LogP contribution in [0.2, 0.25) is 16.6 Å². The molecule has 2 aromatic heterocycles. The van der Waals surface area contributed by atoms with Crippen LogP contribution in [0.25, 0.3) is 11.0 Å². The van der Waals surface area contributed by atoms with Crippen molar-refractivity contribution in [2.24, 2.45) is 0 Å². The van der Waals surface area contributed by atoms with Crippen molar-refractivity contribution >= 4 is 41.3 Å². The van der Waals surface area contributed by atoms with E-state index in [2.05, 4.69) is 74.0 Å². The zero-order valence-electron chi connectivity index (χ0n) is 21.9. The molecule has 0 N–H and O–H groups in total. The van der Waals surface area contributed by atoms with Crippen molar-refractivity contribution in [1.29, 1.82) is 0 Å². The molecule has 1 saturated heterocycles. The Labute approximate surface area is 209 Å². The molecule has 0 spiro atoms. The Balaban J connectivity index is 2.01. The number of ether oxygens (including phenoxy) is 1. The second-order valence-corrected chi connectivity index (χ2v) is 18.2. The summed E-state index contributed by atoms with van der Waals surface area (Å²) in [6.45, 7) is 21.6. The van der Waals surface area contributed by atoms with Crippen LogP contribution in [0.1, 0.15) is 86.6 Å². The van der Waals surface area contributed by atoms with Crippen LogP contribution in [0.5, 0.6) is 0 Å². The Morgan fingerprint density at radius 3 is 2.12 bits per heavy atom. The molecule has 0 radical (unpaired) electrons. The maximum atomic E-state index is 12.6. The van der Waals surface area contributed by atoms with Crippen LogP contribution in [0.3, 0.4) is 0 Å². The van der Waals surface area contributed by atoms with E-state index in [0.29, 0.717) is 22.5 Å². The standard InChI is InChI=1S/C26H42BrN3O2Si/c1-17(2)33(18(3)4,19(5)6)30-16-22(24-23(30)14-21(27)15-28-24)20-10-12-29(13-11-20)25(31)32-26(7,8)9/h14-20H,10-13H2,1-9H3. The molecule has 0 saturated carbocycles. The topological polar surface area (TPSA) is 47.4 Å². The number of nitrogens with zero attached hydrogens (tertiary/aromatic N) is 3. The number of pyridine rings is 1. The molecule has 184 valence electrons. The van der Waals surface area contributed by atoms with Crippen LogP contribution in [-0.2, 0) is 4.74 Å². The van der Waals surface area contributed by atoms with E-state index in [0.717, 1.165) is 35.9 Å². The predicted molar refractivity (Wildman–Crippen MR) is 144 cm³/mol. The number of amides is 1. The monoisotopic (exact) mass is 535 g/mol. The summed E-state index contributed by atoms with van der Waals surface area (Å²) in [4.78, 5) is 19.3. The molecule has 2 aromatic rings. The van der Waals surface area contributed by atoms with Gasteiger partial charge in [-0.25, -0.2) is 4.79 Å². The molecule has 0 bridgehead atoms. The second-order valence-electron chi connectivity index (χ2n) is 11.6. The van der Waals surface area contributed by atoms with Gasteiger partial charge in [0.2, 0.25) is 0 Å². The number of aromatic nitrogens is 2. The molecule has 0 aromatic carbocycles. The van der Waals surface area contributed by atoms with Crippen molar-refractivity contribution < 1.29 is 9.53 Å². The van der Waals surface area contributed by atoms with Gasteiger partial charge in [-0.3, -0.25) is 4.98 Å². The molecule has 1 aliphatic rings. The van der Waals surface area contributed by atoms with Crippen LogP contribution < -0.4 is 0 Å². The third-order valence-electron chi connectivity index (χ3n) is 7.41. The van der Waals surface area contributed by atoms with E-state index < -0.39 is 13.8 Å². The van der Waals surface area contributed by atoms with Gasteiger partial charge >= 0.3 is 6.09 Å². The predicted octanol–water partition coefficient (Wildman–Crippen LogP) is 7.94. The van der Waals surface area contributed by atoms with Crippen molar-refractivity contribution in [1.82, 2.24) is 14.1 Å². The van der Waals surface area contributed by atoms with Gasteiger partial charge in [-0.15, -0.1) is 0 Å². The van der Waals surface area contributed by atoms with E-state index in [9.17, 15) is 4.79 Å². The van der Waals surface area contributed by atoms with E-state index >= 15 is 0 Å². The molecule has 0 unspecified atom stereocenters. The number of likely N-dealkylation sites (tertiary alicyclic amines) is 1. The van der Waals surface area contributed by atoms with Gasteiger partial charge < -0.3 is 13.9 Å². The lowest BCUT2D eigenvalue weighted by atomic mass is 9.90. The minimum atomic E-state index is -1.92. The lowest BCUT2D eigenvalue weighted by Crippen LogP contribution is -2.51. The fourth-order valence-electron chi connectivity index (χ4n) is 6.26. The normalized spacial score (nSPS) is 16.5. The van der Waals surface area contributed by atoms with Gasteiger partial charge in [-0.05, 0) is 83.7 Å². The van der Waals surface area contributed by atoms with Crippen LogP contribution in [0.15, 0.2) is 22.9 Å². The van der Waals surface area contributed by atoms with Crippen molar-refractivity contribution in [2.45, 2.75) is 103 Å². The molecule has 5 nitrogen and oxygen atoms in total. The van der Waals surface area contributed by atoms with Crippen LogP contribution in [0.4, 0.5) is 4.79 Å². The summed E-state index contributed by atoms with van der Waals surface area (Å²) in [5, 5.41) is 0. The number of carbonyl (C=O) groups is 1. The van der Waals surface area contributed by atoms with Gasteiger partial charge in [-0.1, -0.05) is 41.5 Å². The third kappa shape index (κ3) is 5.04. The first-order valence-electron chi connectivity index (χ1n) is 12.4. The van der Waals surface area contributed by atoms with Crippen LogP contribution in [0, 0.1) is 0 Å². The number of hydrogen-bond donors (Lipinski definition) is 0. The lowest BCUT2D eigenvalue weighted by molar-refractivity contribution is 0.0205. The van der Waals surface area contributed by atoms with E-state index in [1.807, 2.05) is 31.9 Å². The second kappa shape index (κ2) is 9.72. The quantitative estimate of drug-likeness (QED) is 0.365. The highest BCUT2D eigenvalue weighted by atomic mass is 79.9. The minimum Gasteiger partial charge on any atom is -0.444 e. The van der Waals surface area contributed by atoms with Crippen molar-refractivity contribution in [3.05, 3.63) is 28.5 Å². The maximum Gasteiger partial charge on any atom is 0.410 e. The number of halogens is 1. The number of hydrogen-bond acceptors (Lipinski definition) is 3. The summed E-state index contributed by atoms with van der Waals surface area (Å²) >= 11 is 3.68. The molecular formula is C26H42BrN3O2Si. The van der Waals surface area contributed by atoms with E-state index in [1.165, 1.54) is 11.1 Å². The fourth-order valence-corrected chi connectivity index (χ4v) is 13.2. The highest BCUT2D eigenvalue weighted by molar-refractivity contribution is 9.10. The fraction of sp³-hybridized carbons (Fsp3) is 0.692. The average Bonchev–Trinajstić information content (AvgIpc) is 3.05. The first-order chi connectivity index (χ1) is 15.3. The Morgan fingerprint density at radius 2 is 1.64 bits per heavy atom. The molecule has 1 aliphatic heterocycles. The van der Waals surface area contributed by atoms with Gasteiger partial charge in [0.1, 0.15) is 5.60 Å².